The van der Waals surface area contributed by atoms with E-state index in [-0.39, 0.29) is 11.6 Å². The van der Waals surface area contributed by atoms with Gasteiger partial charge in [0, 0.05) is 18.8 Å². The number of hydrogen-bond donors (Lipinski definition) is 1. The van der Waals surface area contributed by atoms with Crippen molar-refractivity contribution in [1.29, 1.82) is 0 Å². The van der Waals surface area contributed by atoms with Crippen LogP contribution >= 0.6 is 23.2 Å². The number of para-hydroxylation sites is 1. The number of nitrogens with one attached hydrogen (secondary N) is 1. The van der Waals surface area contributed by atoms with Gasteiger partial charge in [-0.1, -0.05) is 55.1 Å². The number of hydrogen-bond acceptors (Lipinski definition) is 3. The fraction of sp³-hybridized carbons (Fsp3) is 0.375. The third-order valence-corrected chi connectivity index (χ3v) is 6.22. The van der Waals surface area contributed by atoms with Gasteiger partial charge in [0.15, 0.2) is 0 Å². The number of nitrogens with zero attached hydrogens (tertiary/aromatic N) is 3. The number of anilines is 1. The average Bonchev–Trinajstić information content (AvgIpc) is 2.78. The Hall–Kier alpha value is -2.57. The maximum Gasteiger partial charge on any atom is 0.322 e. The summed E-state index contributed by atoms with van der Waals surface area (Å²) in [6.45, 7) is 6.93. The van der Waals surface area contributed by atoms with Gasteiger partial charge in [0.25, 0.3) is 5.56 Å². The summed E-state index contributed by atoms with van der Waals surface area (Å²) in [5, 5.41) is 4.27. The number of urea groups is 1. The molecule has 0 bridgehead atoms. The quantitative estimate of drug-likeness (QED) is 0.378. The summed E-state index contributed by atoms with van der Waals surface area (Å²) in [4.78, 5) is 32.9. The van der Waals surface area contributed by atoms with Crippen molar-refractivity contribution in [3.05, 3.63) is 68.7 Å². The number of rotatable bonds is 8. The zero-order chi connectivity index (χ0) is 23.3. The Balaban J connectivity index is 1.98. The summed E-state index contributed by atoms with van der Waals surface area (Å²) in [6.07, 6.45) is 2.87. The predicted octanol–water partition coefficient (Wildman–Crippen LogP) is 6.51. The van der Waals surface area contributed by atoms with E-state index in [0.29, 0.717) is 45.5 Å². The number of aromatic nitrogens is 2. The zero-order valence-electron chi connectivity index (χ0n) is 18.6. The van der Waals surface area contributed by atoms with E-state index in [2.05, 4.69) is 12.2 Å². The molecule has 6 nitrogen and oxygen atoms in total. The van der Waals surface area contributed by atoms with Crippen molar-refractivity contribution in [2.24, 2.45) is 0 Å². The van der Waals surface area contributed by atoms with Crippen molar-refractivity contribution in [3.63, 3.8) is 0 Å². The highest BCUT2D eigenvalue weighted by Crippen LogP contribution is 2.26. The second kappa shape index (κ2) is 10.8. The molecule has 0 aliphatic carbocycles. The van der Waals surface area contributed by atoms with Crippen LogP contribution in [0.25, 0.3) is 10.9 Å². The first-order chi connectivity index (χ1) is 15.4. The molecule has 170 valence electrons. The molecule has 0 aliphatic heterocycles. The average molecular weight is 475 g/mol. The van der Waals surface area contributed by atoms with Crippen molar-refractivity contribution < 1.29 is 4.79 Å². The second-order valence-corrected chi connectivity index (χ2v) is 8.49. The topological polar surface area (TPSA) is 67.2 Å². The third kappa shape index (κ3) is 5.25. The van der Waals surface area contributed by atoms with E-state index in [1.54, 1.807) is 33.7 Å². The molecule has 0 saturated carbocycles. The number of carbonyl (C=O) groups excluding carboxylic acids is 1. The molecular formula is C24H28Cl2N4O2. The van der Waals surface area contributed by atoms with E-state index < -0.39 is 6.04 Å². The van der Waals surface area contributed by atoms with Gasteiger partial charge in [-0.25, -0.2) is 9.78 Å². The summed E-state index contributed by atoms with van der Waals surface area (Å²) in [7, 11) is 0. The summed E-state index contributed by atoms with van der Waals surface area (Å²) < 4.78 is 1.65. The first kappa shape index (κ1) is 24.1. The molecule has 3 rings (SSSR count). The summed E-state index contributed by atoms with van der Waals surface area (Å²) in [5.74, 6) is 0.567. The molecule has 1 unspecified atom stereocenters. The van der Waals surface area contributed by atoms with Gasteiger partial charge < -0.3 is 10.2 Å². The number of benzene rings is 2. The highest BCUT2D eigenvalue weighted by Gasteiger charge is 2.26. The normalized spacial score (nSPS) is 12.0. The fourth-order valence-electron chi connectivity index (χ4n) is 3.72. The van der Waals surface area contributed by atoms with Gasteiger partial charge in [-0.15, -0.1) is 0 Å². The van der Waals surface area contributed by atoms with Crippen LogP contribution < -0.4 is 10.9 Å². The standard InChI is InChI=1S/C24H28Cl2N4O2/c1-4-6-9-14-30(24(32)27-17-12-13-19(25)20(26)15-17)16(3)22-28-21-11-8-7-10-18(21)23(31)29(22)5-2/h7-8,10-13,15-16H,4-6,9,14H2,1-3H3,(H,27,32). The van der Waals surface area contributed by atoms with E-state index in [0.717, 1.165) is 19.3 Å². The first-order valence-corrected chi connectivity index (χ1v) is 11.6. The molecule has 2 amide bonds. The van der Waals surface area contributed by atoms with Gasteiger partial charge in [-0.05, 0) is 50.6 Å². The van der Waals surface area contributed by atoms with Crippen LogP contribution in [0.3, 0.4) is 0 Å². The Morgan fingerprint density at radius 3 is 2.56 bits per heavy atom. The van der Waals surface area contributed by atoms with Crippen LogP contribution in [0.2, 0.25) is 10.0 Å². The van der Waals surface area contributed by atoms with Crippen LogP contribution in [0.4, 0.5) is 10.5 Å². The highest BCUT2D eigenvalue weighted by molar-refractivity contribution is 6.42. The van der Waals surface area contributed by atoms with Gasteiger partial charge in [0.05, 0.1) is 27.0 Å². The van der Waals surface area contributed by atoms with Crippen LogP contribution in [0.5, 0.6) is 0 Å². The molecule has 8 heteroatoms. The van der Waals surface area contributed by atoms with Gasteiger partial charge >= 0.3 is 6.03 Å². The predicted molar refractivity (Wildman–Crippen MR) is 132 cm³/mol. The summed E-state index contributed by atoms with van der Waals surface area (Å²) >= 11 is 12.1. The number of amides is 2. The molecule has 0 fully saturated rings. The SMILES string of the molecule is CCCCCN(C(=O)Nc1ccc(Cl)c(Cl)c1)C(C)c1nc2ccccc2c(=O)n1CC. The van der Waals surface area contributed by atoms with Crippen LogP contribution in [0, 0.1) is 0 Å². The monoisotopic (exact) mass is 474 g/mol. The number of unbranched alkanes of at least 4 members (excludes halogenated alkanes) is 2. The molecule has 0 spiro atoms. The van der Waals surface area contributed by atoms with Crippen molar-refractivity contribution in [1.82, 2.24) is 14.5 Å². The second-order valence-electron chi connectivity index (χ2n) is 7.67. The lowest BCUT2D eigenvalue weighted by Crippen LogP contribution is -2.40. The molecule has 1 N–H and O–H groups in total. The van der Waals surface area contributed by atoms with E-state index in [4.69, 9.17) is 28.2 Å². The molecule has 0 aliphatic rings. The minimum Gasteiger partial charge on any atom is -0.315 e. The number of halogens is 2. The highest BCUT2D eigenvalue weighted by atomic mass is 35.5. The molecule has 0 saturated heterocycles. The van der Waals surface area contributed by atoms with E-state index in [9.17, 15) is 9.59 Å². The zero-order valence-corrected chi connectivity index (χ0v) is 20.1. The Morgan fingerprint density at radius 1 is 1.12 bits per heavy atom. The Bertz CT molecular complexity index is 1160. The summed E-state index contributed by atoms with van der Waals surface area (Å²) in [5.41, 5.74) is 1.08. The minimum absolute atomic E-state index is 0.0988. The lowest BCUT2D eigenvalue weighted by atomic mass is 10.1. The van der Waals surface area contributed by atoms with Gasteiger partial charge in [0.1, 0.15) is 5.82 Å². The van der Waals surface area contributed by atoms with Crippen molar-refractivity contribution in [3.8, 4) is 0 Å². The van der Waals surface area contributed by atoms with Crippen LogP contribution in [-0.2, 0) is 6.54 Å². The van der Waals surface area contributed by atoms with Gasteiger partial charge in [-0.2, -0.15) is 0 Å². The van der Waals surface area contributed by atoms with Crippen LogP contribution in [0.15, 0.2) is 47.3 Å². The van der Waals surface area contributed by atoms with E-state index in [1.165, 1.54) is 0 Å². The summed E-state index contributed by atoms with van der Waals surface area (Å²) in [6, 6.07) is 11.6. The Kier molecular flexibility index (Phi) is 8.15. The lowest BCUT2D eigenvalue weighted by molar-refractivity contribution is 0.186. The Morgan fingerprint density at radius 2 is 1.88 bits per heavy atom. The maximum absolute atomic E-state index is 13.3. The van der Waals surface area contributed by atoms with Crippen molar-refractivity contribution in [2.45, 2.75) is 52.6 Å². The lowest BCUT2D eigenvalue weighted by Gasteiger charge is -2.30. The molecular weight excluding hydrogens is 447 g/mol. The molecule has 3 aromatic rings. The maximum atomic E-state index is 13.3. The first-order valence-electron chi connectivity index (χ1n) is 10.9. The molecule has 1 atom stereocenters. The molecule has 1 aromatic heterocycles. The molecule has 32 heavy (non-hydrogen) atoms. The van der Waals surface area contributed by atoms with Crippen LogP contribution in [0.1, 0.15) is 51.9 Å². The third-order valence-electron chi connectivity index (χ3n) is 5.48. The molecule has 1 heterocycles. The number of carbonyl (C=O) groups is 1. The molecule has 0 radical (unpaired) electrons. The fourth-order valence-corrected chi connectivity index (χ4v) is 4.02. The Labute approximate surface area is 198 Å². The van der Waals surface area contributed by atoms with E-state index >= 15 is 0 Å². The van der Waals surface area contributed by atoms with Gasteiger partial charge in [-0.3, -0.25) is 9.36 Å². The minimum atomic E-state index is -0.410. The van der Waals surface area contributed by atoms with Gasteiger partial charge in [0.2, 0.25) is 0 Å². The number of fused-ring (bicyclic) bond motifs is 1. The van der Waals surface area contributed by atoms with Crippen LogP contribution in [-0.4, -0.2) is 27.0 Å². The van der Waals surface area contributed by atoms with E-state index in [1.807, 2.05) is 32.0 Å². The molecule has 2 aromatic carbocycles. The van der Waals surface area contributed by atoms with Crippen molar-refractivity contribution in [2.75, 3.05) is 11.9 Å². The van der Waals surface area contributed by atoms with Crippen molar-refractivity contribution >= 4 is 45.8 Å². The smallest absolute Gasteiger partial charge is 0.315 e. The largest absolute Gasteiger partial charge is 0.322 e.